The molecular formula is C20H21Br2FN4S3. The van der Waals surface area contributed by atoms with Crippen LogP contribution in [0, 0.1) is 16.6 Å². The van der Waals surface area contributed by atoms with Crippen LogP contribution in [-0.4, -0.2) is 10.3 Å². The highest BCUT2D eigenvalue weighted by Crippen LogP contribution is 2.38. The van der Waals surface area contributed by atoms with Crippen LogP contribution < -0.4 is 11.5 Å². The highest BCUT2D eigenvalue weighted by atomic mass is 79.9. The van der Waals surface area contributed by atoms with Crippen molar-refractivity contribution in [1.29, 1.82) is 10.8 Å². The van der Waals surface area contributed by atoms with Gasteiger partial charge in [0.15, 0.2) is 10.3 Å². The molecule has 3 aromatic carbocycles. The molecule has 0 unspecified atom stereocenters. The molecule has 0 aliphatic heterocycles. The molecule has 6 N–H and O–H groups in total. The van der Waals surface area contributed by atoms with Crippen LogP contribution in [0.1, 0.15) is 11.1 Å². The fourth-order valence-corrected chi connectivity index (χ4v) is 5.16. The summed E-state index contributed by atoms with van der Waals surface area (Å²) in [5.41, 5.74) is 12.9. The molecule has 0 radical (unpaired) electrons. The molecule has 0 amide bonds. The first-order chi connectivity index (χ1) is 13.4. The zero-order valence-corrected chi connectivity index (χ0v) is 21.6. The molecule has 0 saturated heterocycles. The lowest BCUT2D eigenvalue weighted by Gasteiger charge is -2.15. The fraction of sp³-hybridized carbons (Fsp3) is 0.100. The Morgan fingerprint density at radius 2 is 1.47 bits per heavy atom. The highest BCUT2D eigenvalue weighted by Gasteiger charge is 2.13. The van der Waals surface area contributed by atoms with Gasteiger partial charge < -0.3 is 11.5 Å². The van der Waals surface area contributed by atoms with Gasteiger partial charge in [-0.1, -0.05) is 65.6 Å². The van der Waals surface area contributed by atoms with Crippen molar-refractivity contribution < 1.29 is 4.39 Å². The van der Waals surface area contributed by atoms with Crippen molar-refractivity contribution in [1.82, 2.24) is 0 Å². The van der Waals surface area contributed by atoms with Crippen molar-refractivity contribution >= 4 is 90.4 Å². The number of nitrogens with two attached hydrogens (primary N) is 2. The van der Waals surface area contributed by atoms with Crippen molar-refractivity contribution in [2.75, 3.05) is 0 Å². The SMILES string of the molecule is Br.Br.N=C(N)SCc1cc(F)ccc1Sc1ccc2ccccc2c1CSC(=N)N. The lowest BCUT2D eigenvalue weighted by molar-refractivity contribution is 0.625. The maximum atomic E-state index is 13.8. The average Bonchev–Trinajstić information content (AvgIpc) is 2.66. The van der Waals surface area contributed by atoms with Gasteiger partial charge in [0.05, 0.1) is 0 Å². The summed E-state index contributed by atoms with van der Waals surface area (Å²) >= 11 is 4.01. The molecular weight excluding hydrogens is 571 g/mol. The van der Waals surface area contributed by atoms with E-state index in [1.165, 1.54) is 35.7 Å². The molecule has 0 heterocycles. The van der Waals surface area contributed by atoms with Crippen LogP contribution >= 0.6 is 69.2 Å². The predicted octanol–water partition coefficient (Wildman–Crippen LogP) is 6.54. The lowest BCUT2D eigenvalue weighted by atomic mass is 10.1. The van der Waals surface area contributed by atoms with Gasteiger partial charge in [-0.15, -0.1) is 34.0 Å². The second kappa shape index (κ2) is 12.6. The third-order valence-electron chi connectivity index (χ3n) is 4.00. The van der Waals surface area contributed by atoms with Crippen LogP contribution in [0.15, 0.2) is 64.4 Å². The Hall–Kier alpha value is -1.20. The Bertz CT molecular complexity index is 1050. The molecule has 4 nitrogen and oxygen atoms in total. The van der Waals surface area contributed by atoms with Crippen molar-refractivity contribution in [3.8, 4) is 0 Å². The fourth-order valence-electron chi connectivity index (χ4n) is 2.74. The number of fused-ring (bicyclic) bond motifs is 1. The van der Waals surface area contributed by atoms with E-state index in [9.17, 15) is 4.39 Å². The maximum Gasteiger partial charge on any atom is 0.151 e. The molecule has 0 atom stereocenters. The number of hydrogen-bond donors (Lipinski definition) is 4. The van der Waals surface area contributed by atoms with Crippen LogP contribution in [0.2, 0.25) is 0 Å². The minimum absolute atomic E-state index is 0. The summed E-state index contributed by atoms with van der Waals surface area (Å²) in [7, 11) is 0. The molecule has 10 heteroatoms. The summed E-state index contributed by atoms with van der Waals surface area (Å²) in [5.74, 6) is 0.701. The van der Waals surface area contributed by atoms with Gasteiger partial charge in [0.2, 0.25) is 0 Å². The van der Waals surface area contributed by atoms with Gasteiger partial charge in [-0.2, -0.15) is 0 Å². The van der Waals surface area contributed by atoms with Crippen LogP contribution in [0.4, 0.5) is 4.39 Å². The molecule has 3 aromatic rings. The number of benzene rings is 3. The molecule has 0 bridgehead atoms. The largest absolute Gasteiger partial charge is 0.379 e. The van der Waals surface area contributed by atoms with Crippen LogP contribution in [0.25, 0.3) is 10.8 Å². The average molecular weight is 592 g/mol. The number of amidine groups is 2. The molecule has 0 saturated carbocycles. The second-order valence-corrected chi connectivity index (χ2v) is 9.04. The first kappa shape index (κ1) is 26.8. The molecule has 0 aliphatic rings. The molecule has 0 spiro atoms. The van der Waals surface area contributed by atoms with Crippen molar-refractivity contribution in [2.45, 2.75) is 21.3 Å². The Morgan fingerprint density at radius 3 is 2.17 bits per heavy atom. The van der Waals surface area contributed by atoms with Gasteiger partial charge in [-0.25, -0.2) is 4.39 Å². The van der Waals surface area contributed by atoms with Gasteiger partial charge in [-0.3, -0.25) is 10.8 Å². The second-order valence-electron chi connectivity index (χ2n) is 5.92. The topological polar surface area (TPSA) is 99.7 Å². The van der Waals surface area contributed by atoms with Gasteiger partial charge in [0.25, 0.3) is 0 Å². The van der Waals surface area contributed by atoms with E-state index < -0.39 is 0 Å². The molecule has 30 heavy (non-hydrogen) atoms. The Morgan fingerprint density at radius 1 is 0.833 bits per heavy atom. The predicted molar refractivity (Wildman–Crippen MR) is 142 cm³/mol. The Balaban J connectivity index is 0.00000225. The van der Waals surface area contributed by atoms with E-state index in [4.69, 9.17) is 22.3 Å². The number of hydrogen-bond acceptors (Lipinski definition) is 5. The van der Waals surface area contributed by atoms with Crippen molar-refractivity contribution in [3.63, 3.8) is 0 Å². The van der Waals surface area contributed by atoms with E-state index in [1.807, 2.05) is 18.2 Å². The van der Waals surface area contributed by atoms with E-state index in [-0.39, 0.29) is 50.1 Å². The zero-order chi connectivity index (χ0) is 20.1. The lowest BCUT2D eigenvalue weighted by Crippen LogP contribution is -2.05. The molecule has 0 aromatic heterocycles. The standard InChI is InChI=1S/C20H19FN4S3.2BrH/c21-14-6-8-17(13(9-14)10-26-19(22)23)28-18-7-5-12-3-1-2-4-15(12)16(18)11-27-20(24)25;;/h1-9H,10-11H2,(H3,22,23)(H3,24,25);2*1H. The summed E-state index contributed by atoms with van der Waals surface area (Å²) < 4.78 is 13.8. The molecule has 160 valence electrons. The van der Waals surface area contributed by atoms with E-state index >= 15 is 0 Å². The smallest absolute Gasteiger partial charge is 0.151 e. The monoisotopic (exact) mass is 590 g/mol. The van der Waals surface area contributed by atoms with Crippen LogP contribution in [-0.2, 0) is 11.5 Å². The Labute approximate surface area is 208 Å². The molecule has 0 aliphatic carbocycles. The van der Waals surface area contributed by atoms with E-state index in [0.29, 0.717) is 11.5 Å². The summed E-state index contributed by atoms with van der Waals surface area (Å²) in [6.45, 7) is 0. The normalized spacial score (nSPS) is 10.2. The number of halogens is 3. The van der Waals surface area contributed by atoms with Gasteiger partial charge in [0.1, 0.15) is 5.82 Å². The van der Waals surface area contributed by atoms with Crippen LogP contribution in [0.5, 0.6) is 0 Å². The maximum absolute atomic E-state index is 13.8. The quantitative estimate of drug-likeness (QED) is 0.193. The number of rotatable bonds is 6. The third-order valence-corrected chi connectivity index (χ3v) is 6.73. The number of thioether (sulfide) groups is 2. The summed E-state index contributed by atoms with van der Waals surface area (Å²) in [4.78, 5) is 1.95. The minimum atomic E-state index is -0.311. The van der Waals surface area contributed by atoms with E-state index in [1.54, 1.807) is 17.8 Å². The number of nitrogens with one attached hydrogen (secondary N) is 2. The first-order valence-corrected chi connectivity index (χ1v) is 11.1. The molecule has 0 fully saturated rings. The van der Waals surface area contributed by atoms with E-state index in [0.717, 1.165) is 31.7 Å². The van der Waals surface area contributed by atoms with Gasteiger partial charge in [-0.05, 0) is 46.2 Å². The summed E-state index contributed by atoms with van der Waals surface area (Å²) in [6.07, 6.45) is 0. The van der Waals surface area contributed by atoms with Gasteiger partial charge >= 0.3 is 0 Å². The summed E-state index contributed by atoms with van der Waals surface area (Å²) in [6, 6.07) is 16.9. The highest BCUT2D eigenvalue weighted by molar-refractivity contribution is 8.93. The Kier molecular flexibility index (Phi) is 11.3. The minimum Gasteiger partial charge on any atom is -0.379 e. The zero-order valence-electron chi connectivity index (χ0n) is 15.7. The van der Waals surface area contributed by atoms with Crippen molar-refractivity contribution in [2.24, 2.45) is 11.5 Å². The third kappa shape index (κ3) is 7.19. The van der Waals surface area contributed by atoms with Crippen LogP contribution in [0.3, 0.4) is 0 Å². The van der Waals surface area contributed by atoms with Crippen molar-refractivity contribution in [3.05, 3.63) is 71.5 Å². The first-order valence-electron chi connectivity index (χ1n) is 8.34. The summed E-state index contributed by atoms with van der Waals surface area (Å²) in [5, 5.41) is 17.3. The molecule has 3 rings (SSSR count). The van der Waals surface area contributed by atoms with E-state index in [2.05, 4.69) is 18.2 Å². The van der Waals surface area contributed by atoms with Gasteiger partial charge in [0, 0.05) is 21.3 Å².